The Morgan fingerprint density at radius 1 is 0.836 bits per heavy atom. The zero-order chi connectivity index (χ0) is 37.6. The molecule has 1 aliphatic carbocycles. The largest absolute Gasteiger partial charge is 0.507 e. The number of nitrogens with one attached hydrogen (secondary N) is 2. The summed E-state index contributed by atoms with van der Waals surface area (Å²) < 4.78 is 0. The predicted octanol–water partition coefficient (Wildman–Crippen LogP) is 1.38. The molecule has 15 nitrogen and oxygen atoms in total. The summed E-state index contributed by atoms with van der Waals surface area (Å²) in [6, 6.07) is 13.8. The Bertz CT molecular complexity index is 2090. The van der Waals surface area contributed by atoms with Crippen LogP contribution in [0.1, 0.15) is 46.4 Å². The van der Waals surface area contributed by atoms with Gasteiger partial charge >= 0.3 is 0 Å². The van der Waals surface area contributed by atoms with E-state index in [-0.39, 0.29) is 29.7 Å². The first-order chi connectivity index (χ1) is 26.6. The first-order valence-electron chi connectivity index (χ1n) is 19.6. The van der Waals surface area contributed by atoms with Gasteiger partial charge in [-0.15, -0.1) is 10.2 Å². The number of aromatic nitrogens is 2. The molecule has 0 bridgehead atoms. The van der Waals surface area contributed by atoms with Crippen LogP contribution in [0.2, 0.25) is 0 Å². The number of hydrogen-bond acceptors (Lipinski definition) is 13. The van der Waals surface area contributed by atoms with E-state index in [0.29, 0.717) is 67.5 Å². The second-order valence-corrected chi connectivity index (χ2v) is 16.5. The first kappa shape index (κ1) is 34.4. The summed E-state index contributed by atoms with van der Waals surface area (Å²) in [7, 11) is 0. The molecule has 15 heteroatoms. The van der Waals surface area contributed by atoms with Crippen LogP contribution < -0.4 is 20.4 Å². The van der Waals surface area contributed by atoms with Crippen LogP contribution in [0, 0.1) is 17.8 Å². The topological polar surface area (TPSA) is 175 Å². The number of nitrogens with zero attached hydrogens (tertiary/aromatic N) is 7. The quantitative estimate of drug-likeness (QED) is 0.256. The maximum atomic E-state index is 13.3. The number of benzene rings is 2. The van der Waals surface area contributed by atoms with Crippen molar-refractivity contribution in [2.45, 2.75) is 43.4 Å². The van der Waals surface area contributed by atoms with Gasteiger partial charge in [-0.05, 0) is 73.4 Å². The number of carbonyl (C=O) groups is 4. The average molecular weight is 748 g/mol. The van der Waals surface area contributed by atoms with Crippen LogP contribution in [-0.4, -0.2) is 142 Å². The Labute approximate surface area is 318 Å². The van der Waals surface area contributed by atoms with Gasteiger partial charge in [0.1, 0.15) is 11.8 Å². The number of imide groups is 2. The molecule has 7 heterocycles. The van der Waals surface area contributed by atoms with Crippen molar-refractivity contribution in [3.05, 3.63) is 59.7 Å². The number of aliphatic hydroxyl groups is 1. The minimum Gasteiger partial charge on any atom is -0.507 e. The number of piperazine rings is 1. The SMILES string of the molecule is O=C1CCC(N2C(=O)c3ccc(N4CCC(O)(CN5C[C@@H]6C(CN7CCN8c9cc(-c%10ccccc%10O)nnc9NC[C@H]8C7)[C@@H]6C5)CC4)cc3C2=O)C(=O)N1. The van der Waals surface area contributed by atoms with Gasteiger partial charge in [-0.3, -0.25) is 39.2 Å². The van der Waals surface area contributed by atoms with E-state index in [9.17, 15) is 29.4 Å². The van der Waals surface area contributed by atoms with E-state index >= 15 is 0 Å². The van der Waals surface area contributed by atoms with Gasteiger partial charge in [0.2, 0.25) is 11.8 Å². The molecule has 1 aromatic heterocycles. The molecule has 4 amide bonds. The highest BCUT2D eigenvalue weighted by Crippen LogP contribution is 2.52. The third-order valence-electron chi connectivity index (χ3n) is 13.3. The van der Waals surface area contributed by atoms with Gasteiger partial charge in [0.05, 0.1) is 34.2 Å². The zero-order valence-electron chi connectivity index (χ0n) is 30.6. The van der Waals surface area contributed by atoms with Crippen molar-refractivity contribution in [3.8, 4) is 17.0 Å². The summed E-state index contributed by atoms with van der Waals surface area (Å²) in [5.41, 5.74) is 2.98. The number of amides is 4. The Hall–Kier alpha value is -5.12. The fraction of sp³-hybridized carbons (Fsp3) is 0.500. The Morgan fingerprint density at radius 3 is 2.40 bits per heavy atom. The van der Waals surface area contributed by atoms with Crippen molar-refractivity contribution in [1.29, 1.82) is 0 Å². The summed E-state index contributed by atoms with van der Waals surface area (Å²) in [6.07, 6.45) is 1.42. The highest BCUT2D eigenvalue weighted by molar-refractivity contribution is 6.23. The number of hydrogen-bond donors (Lipinski definition) is 4. The molecule has 4 N–H and O–H groups in total. The van der Waals surface area contributed by atoms with Crippen LogP contribution >= 0.6 is 0 Å². The highest BCUT2D eigenvalue weighted by atomic mass is 16.3. The number of aromatic hydroxyl groups is 1. The van der Waals surface area contributed by atoms with Gasteiger partial charge in [0.25, 0.3) is 11.8 Å². The third-order valence-corrected chi connectivity index (χ3v) is 13.3. The number of phenols is 1. The van der Waals surface area contributed by atoms with Crippen LogP contribution in [0.15, 0.2) is 48.5 Å². The maximum Gasteiger partial charge on any atom is 0.262 e. The molecule has 286 valence electrons. The molecule has 5 atom stereocenters. The number of β-amino-alcohol motifs (C(OH)–C–C–N with tert-alkyl or cyclic N) is 1. The van der Waals surface area contributed by atoms with E-state index < -0.39 is 35.3 Å². The first-order valence-corrected chi connectivity index (χ1v) is 19.6. The van der Waals surface area contributed by atoms with Gasteiger partial charge in [-0.2, -0.15) is 0 Å². The number of likely N-dealkylation sites (tertiary alicyclic amines) is 1. The van der Waals surface area contributed by atoms with Crippen LogP contribution in [-0.2, 0) is 9.59 Å². The lowest BCUT2D eigenvalue weighted by Gasteiger charge is -2.46. The molecule has 6 aliphatic heterocycles. The van der Waals surface area contributed by atoms with E-state index in [1.54, 1.807) is 24.3 Å². The molecule has 7 aliphatic rings. The molecule has 3 aromatic rings. The number of para-hydroxylation sites is 1. The van der Waals surface area contributed by atoms with E-state index in [0.717, 1.165) is 67.9 Å². The molecule has 0 radical (unpaired) electrons. The maximum absolute atomic E-state index is 13.3. The van der Waals surface area contributed by atoms with Crippen molar-refractivity contribution >= 4 is 40.8 Å². The number of carbonyl (C=O) groups excluding carboxylic acids is 4. The minimum atomic E-state index is -0.988. The summed E-state index contributed by atoms with van der Waals surface area (Å²) in [5, 5.41) is 36.6. The van der Waals surface area contributed by atoms with E-state index in [2.05, 4.69) is 40.4 Å². The lowest BCUT2D eigenvalue weighted by Crippen LogP contribution is -2.58. The van der Waals surface area contributed by atoms with Crippen LogP contribution in [0.4, 0.5) is 17.2 Å². The molecule has 4 saturated heterocycles. The Kier molecular flexibility index (Phi) is 8.12. The second-order valence-electron chi connectivity index (χ2n) is 16.5. The van der Waals surface area contributed by atoms with Gasteiger partial charge in [0, 0.05) is 83.1 Å². The standard InChI is InChI=1S/C40H45N9O6/c50-34-4-2-1-3-26(34)31-16-33-36(44-43-31)41-17-24-18-45(13-14-48(24)33)19-28-29-20-46(21-30(28)29)22-40(55)9-11-47(12-10-40)23-5-6-25-27(15-23)39(54)49(38(25)53)32-7-8-35(51)42-37(32)52/h1-6,15-16,24,28-30,32,50,55H,7-14,17-22H2,(H,41,44)(H,42,51,52)/t24-,28?,29-,30+,32?/m0/s1. The lowest BCUT2D eigenvalue weighted by atomic mass is 9.90. The summed E-state index contributed by atoms with van der Waals surface area (Å²) in [4.78, 5) is 61.2. The Balaban J connectivity index is 0.702. The van der Waals surface area contributed by atoms with Gasteiger partial charge < -0.3 is 25.3 Å². The van der Waals surface area contributed by atoms with Crippen LogP contribution in [0.25, 0.3) is 11.3 Å². The summed E-state index contributed by atoms with van der Waals surface area (Å²) in [5.74, 6) is 1.01. The molecule has 5 fully saturated rings. The Morgan fingerprint density at radius 2 is 1.62 bits per heavy atom. The minimum absolute atomic E-state index is 0.0832. The second kappa shape index (κ2) is 13.0. The van der Waals surface area contributed by atoms with Crippen molar-refractivity contribution < 1.29 is 29.4 Å². The fourth-order valence-electron chi connectivity index (χ4n) is 10.2. The smallest absolute Gasteiger partial charge is 0.262 e. The molecule has 10 rings (SSSR count). The normalized spacial score (nSPS) is 28.7. The van der Waals surface area contributed by atoms with E-state index in [1.807, 2.05) is 24.3 Å². The van der Waals surface area contributed by atoms with Crippen LogP contribution in [0.5, 0.6) is 5.75 Å². The highest BCUT2D eigenvalue weighted by Gasteiger charge is 2.56. The number of piperidine rings is 3. The third kappa shape index (κ3) is 5.99. The van der Waals surface area contributed by atoms with Gasteiger partial charge in [0.15, 0.2) is 5.82 Å². The van der Waals surface area contributed by atoms with Crippen molar-refractivity contribution in [1.82, 2.24) is 30.2 Å². The molecule has 2 aromatic carbocycles. The van der Waals surface area contributed by atoms with E-state index in [4.69, 9.17) is 0 Å². The number of rotatable bonds is 7. The number of fused-ring (bicyclic) bond motifs is 5. The van der Waals surface area contributed by atoms with Gasteiger partial charge in [-0.25, -0.2) is 0 Å². The number of phenolic OH excluding ortho intramolecular Hbond substituents is 1. The molecule has 1 saturated carbocycles. The monoisotopic (exact) mass is 747 g/mol. The lowest BCUT2D eigenvalue weighted by molar-refractivity contribution is -0.136. The molecule has 2 unspecified atom stereocenters. The van der Waals surface area contributed by atoms with Crippen LogP contribution in [0.3, 0.4) is 0 Å². The molecular formula is C40H45N9O6. The zero-order valence-corrected chi connectivity index (χ0v) is 30.6. The predicted molar refractivity (Wildman–Crippen MR) is 202 cm³/mol. The average Bonchev–Trinajstić information content (AvgIpc) is 3.49. The molecule has 0 spiro atoms. The molecular weight excluding hydrogens is 702 g/mol. The van der Waals surface area contributed by atoms with Crippen molar-refractivity contribution in [3.63, 3.8) is 0 Å². The van der Waals surface area contributed by atoms with Gasteiger partial charge in [-0.1, -0.05) is 12.1 Å². The van der Waals surface area contributed by atoms with Crippen molar-refractivity contribution in [2.75, 3.05) is 80.6 Å². The van der Waals surface area contributed by atoms with Crippen molar-refractivity contribution in [2.24, 2.45) is 17.8 Å². The molecule has 55 heavy (non-hydrogen) atoms. The summed E-state index contributed by atoms with van der Waals surface area (Å²) >= 11 is 0. The summed E-state index contributed by atoms with van der Waals surface area (Å²) in [6.45, 7) is 8.81. The number of anilines is 3. The van der Waals surface area contributed by atoms with E-state index in [1.165, 1.54) is 0 Å². The fourth-order valence-corrected chi connectivity index (χ4v) is 10.2.